The van der Waals surface area contributed by atoms with Gasteiger partial charge in [0.1, 0.15) is 10.8 Å². The number of hydrogen-bond acceptors (Lipinski definition) is 5. The van der Waals surface area contributed by atoms with E-state index in [2.05, 4.69) is 42.2 Å². The number of methoxy groups -OCH3 is 1. The lowest BCUT2D eigenvalue weighted by molar-refractivity contribution is 0.102. The lowest BCUT2D eigenvalue weighted by Crippen LogP contribution is -2.03. The maximum atomic E-state index is 12.3. The van der Waals surface area contributed by atoms with E-state index in [1.54, 1.807) is 31.4 Å². The highest BCUT2D eigenvalue weighted by atomic mass is 32.2. The number of ketones is 1. The molecule has 3 rings (SSSR count). The normalized spacial score (nSPS) is 10.6. The molecule has 4 nitrogen and oxygen atoms in total. The van der Waals surface area contributed by atoms with Gasteiger partial charge < -0.3 is 4.74 Å². The van der Waals surface area contributed by atoms with Gasteiger partial charge in [-0.05, 0) is 55.8 Å². The minimum Gasteiger partial charge on any atom is -0.497 e. The van der Waals surface area contributed by atoms with Gasteiger partial charge in [0.25, 0.3) is 0 Å². The molecule has 0 radical (unpaired) electrons. The van der Waals surface area contributed by atoms with Crippen molar-refractivity contribution in [2.45, 2.75) is 18.9 Å². The van der Waals surface area contributed by atoms with Crippen LogP contribution in [0.1, 0.15) is 21.5 Å². The second-order valence-corrected chi connectivity index (χ2v) is 7.01. The van der Waals surface area contributed by atoms with Gasteiger partial charge in [-0.15, -0.1) is 10.2 Å². The molecule has 0 unspecified atom stereocenters. The highest BCUT2D eigenvalue weighted by molar-refractivity contribution is 7.99. The Hall–Kier alpha value is -2.66. The molecular weight excluding hydrogens is 344 g/mol. The molecule has 0 aliphatic carbocycles. The molecule has 0 aliphatic heterocycles. The summed E-state index contributed by atoms with van der Waals surface area (Å²) in [6.45, 7) is 4.14. The average Bonchev–Trinajstić information content (AvgIpc) is 2.67. The van der Waals surface area contributed by atoms with Crippen LogP contribution in [-0.4, -0.2) is 28.8 Å². The van der Waals surface area contributed by atoms with Gasteiger partial charge in [0.05, 0.1) is 18.6 Å². The zero-order chi connectivity index (χ0) is 18.5. The Morgan fingerprint density at radius 1 is 1.00 bits per heavy atom. The minimum absolute atomic E-state index is 0.0536. The number of thioether (sulfide) groups is 1. The van der Waals surface area contributed by atoms with Crippen LogP contribution in [0.15, 0.2) is 59.6 Å². The van der Waals surface area contributed by atoms with Crippen molar-refractivity contribution >= 4 is 17.5 Å². The predicted molar refractivity (Wildman–Crippen MR) is 105 cm³/mol. The first-order chi connectivity index (χ1) is 12.6. The van der Waals surface area contributed by atoms with E-state index in [1.807, 2.05) is 12.1 Å². The number of benzene rings is 2. The maximum Gasteiger partial charge on any atom is 0.173 e. The molecule has 0 amide bonds. The van der Waals surface area contributed by atoms with Gasteiger partial charge in [-0.2, -0.15) is 0 Å². The third-order valence-corrected chi connectivity index (χ3v) is 4.98. The van der Waals surface area contributed by atoms with Gasteiger partial charge >= 0.3 is 0 Å². The molecule has 0 N–H and O–H groups in total. The monoisotopic (exact) mass is 364 g/mol. The molecule has 0 spiro atoms. The lowest BCUT2D eigenvalue weighted by Gasteiger charge is -2.06. The average molecular weight is 364 g/mol. The van der Waals surface area contributed by atoms with E-state index in [1.165, 1.54) is 22.9 Å². The molecule has 5 heteroatoms. The lowest BCUT2D eigenvalue weighted by atomic mass is 10.0. The zero-order valence-corrected chi connectivity index (χ0v) is 15.8. The Kier molecular flexibility index (Phi) is 5.68. The molecule has 0 fully saturated rings. The summed E-state index contributed by atoms with van der Waals surface area (Å²) >= 11 is 1.39. The molecule has 1 aromatic heterocycles. The summed E-state index contributed by atoms with van der Waals surface area (Å²) in [5, 5.41) is 9.30. The summed E-state index contributed by atoms with van der Waals surface area (Å²) in [4.78, 5) is 12.3. The van der Waals surface area contributed by atoms with E-state index in [0.717, 1.165) is 22.0 Å². The summed E-state index contributed by atoms with van der Waals surface area (Å²) in [5.41, 5.74) is 4.98. The third kappa shape index (κ3) is 4.29. The second-order valence-electron chi connectivity index (χ2n) is 6.02. The van der Waals surface area contributed by atoms with Crippen molar-refractivity contribution < 1.29 is 9.53 Å². The molecule has 3 aromatic rings. The molecule has 0 bridgehead atoms. The van der Waals surface area contributed by atoms with Crippen LogP contribution >= 0.6 is 11.8 Å². The van der Waals surface area contributed by atoms with Gasteiger partial charge in [-0.3, -0.25) is 4.79 Å². The molecule has 0 saturated heterocycles. The van der Waals surface area contributed by atoms with E-state index in [9.17, 15) is 4.79 Å². The van der Waals surface area contributed by atoms with Crippen LogP contribution in [0.2, 0.25) is 0 Å². The van der Waals surface area contributed by atoms with E-state index in [4.69, 9.17) is 4.74 Å². The van der Waals surface area contributed by atoms with Crippen molar-refractivity contribution in [2.75, 3.05) is 12.9 Å². The molecule has 26 heavy (non-hydrogen) atoms. The number of rotatable bonds is 6. The van der Waals surface area contributed by atoms with Crippen LogP contribution in [-0.2, 0) is 0 Å². The van der Waals surface area contributed by atoms with Crippen LogP contribution in [0.25, 0.3) is 11.3 Å². The van der Waals surface area contributed by atoms with Gasteiger partial charge in [-0.1, -0.05) is 35.5 Å². The van der Waals surface area contributed by atoms with Crippen molar-refractivity contribution in [1.29, 1.82) is 0 Å². The van der Waals surface area contributed by atoms with Crippen LogP contribution in [0, 0.1) is 13.8 Å². The first kappa shape index (κ1) is 18.1. The van der Waals surface area contributed by atoms with Gasteiger partial charge in [-0.25, -0.2) is 0 Å². The van der Waals surface area contributed by atoms with Crippen molar-refractivity contribution in [3.8, 4) is 17.0 Å². The number of nitrogens with zero attached hydrogens (tertiary/aromatic N) is 2. The van der Waals surface area contributed by atoms with E-state index < -0.39 is 0 Å². The molecule has 0 saturated carbocycles. The number of hydrogen-bond donors (Lipinski definition) is 0. The summed E-state index contributed by atoms with van der Waals surface area (Å²) in [6, 6.07) is 17.3. The predicted octanol–water partition coefficient (Wildman–Crippen LogP) is 4.74. The van der Waals surface area contributed by atoms with Gasteiger partial charge in [0, 0.05) is 11.1 Å². The SMILES string of the molecule is COc1ccc(C(=O)CSc2ccc(-c3ccc(C)cc3C)nn2)cc1. The Balaban J connectivity index is 1.64. The molecule has 2 aromatic carbocycles. The Bertz CT molecular complexity index is 906. The quantitative estimate of drug-likeness (QED) is 0.467. The fourth-order valence-corrected chi connectivity index (χ4v) is 3.35. The van der Waals surface area contributed by atoms with Crippen molar-refractivity contribution in [1.82, 2.24) is 10.2 Å². The number of carbonyl (C=O) groups excluding carboxylic acids is 1. The van der Waals surface area contributed by atoms with Crippen LogP contribution in [0.4, 0.5) is 0 Å². The summed E-state index contributed by atoms with van der Waals surface area (Å²) in [5.74, 6) is 1.11. The Labute approximate surface area is 157 Å². The Morgan fingerprint density at radius 3 is 2.38 bits per heavy atom. The van der Waals surface area contributed by atoms with E-state index >= 15 is 0 Å². The largest absolute Gasteiger partial charge is 0.497 e. The molecule has 1 heterocycles. The smallest absolute Gasteiger partial charge is 0.173 e. The van der Waals surface area contributed by atoms with Crippen molar-refractivity contribution in [2.24, 2.45) is 0 Å². The first-order valence-electron chi connectivity index (χ1n) is 8.28. The van der Waals surface area contributed by atoms with Gasteiger partial charge in [0.2, 0.25) is 0 Å². The molecule has 0 aliphatic rings. The molecule has 0 atom stereocenters. The van der Waals surface area contributed by atoms with E-state index in [-0.39, 0.29) is 5.78 Å². The number of carbonyl (C=O) groups is 1. The van der Waals surface area contributed by atoms with Crippen molar-refractivity contribution in [3.63, 3.8) is 0 Å². The highest BCUT2D eigenvalue weighted by Gasteiger charge is 2.09. The van der Waals surface area contributed by atoms with Gasteiger partial charge in [0.15, 0.2) is 5.78 Å². The fraction of sp³-hybridized carbons (Fsp3) is 0.190. The summed E-state index contributed by atoms with van der Waals surface area (Å²) in [6.07, 6.45) is 0. The number of Topliss-reactive ketones (excluding diaryl/α,β-unsaturated/α-hetero) is 1. The van der Waals surface area contributed by atoms with Crippen LogP contribution in [0.5, 0.6) is 5.75 Å². The summed E-state index contributed by atoms with van der Waals surface area (Å²) < 4.78 is 5.11. The first-order valence-corrected chi connectivity index (χ1v) is 9.27. The zero-order valence-electron chi connectivity index (χ0n) is 15.0. The van der Waals surface area contributed by atoms with E-state index in [0.29, 0.717) is 11.3 Å². The van der Waals surface area contributed by atoms with Crippen LogP contribution < -0.4 is 4.74 Å². The van der Waals surface area contributed by atoms with Crippen molar-refractivity contribution in [3.05, 3.63) is 71.3 Å². The standard InChI is InChI=1S/C21H20N2O2S/c1-14-4-9-18(15(2)12-14)19-10-11-21(23-22-19)26-13-20(24)16-5-7-17(25-3)8-6-16/h4-12H,13H2,1-3H3. The fourth-order valence-electron chi connectivity index (χ4n) is 2.64. The molecular formula is C21H20N2O2S. The Morgan fingerprint density at radius 2 is 1.77 bits per heavy atom. The minimum atomic E-state index is 0.0536. The summed E-state index contributed by atoms with van der Waals surface area (Å²) in [7, 11) is 1.60. The maximum absolute atomic E-state index is 12.3. The second kappa shape index (κ2) is 8.15. The number of aromatic nitrogens is 2. The number of aryl methyl sites for hydroxylation is 2. The highest BCUT2D eigenvalue weighted by Crippen LogP contribution is 2.24. The third-order valence-electron chi connectivity index (χ3n) is 4.06. The molecule has 132 valence electrons. The number of ether oxygens (including phenoxy) is 1. The topological polar surface area (TPSA) is 52.1 Å². The van der Waals surface area contributed by atoms with Crippen LogP contribution in [0.3, 0.4) is 0 Å².